The van der Waals surface area contributed by atoms with Gasteiger partial charge in [0.05, 0.1) is 13.1 Å². The summed E-state index contributed by atoms with van der Waals surface area (Å²) < 4.78 is 0. The fourth-order valence-electron chi connectivity index (χ4n) is 2.07. The van der Waals surface area contributed by atoms with Gasteiger partial charge in [-0.2, -0.15) is 0 Å². The largest absolute Gasteiger partial charge is 0.346 e. The average Bonchev–Trinajstić information content (AvgIpc) is 2.33. The van der Waals surface area contributed by atoms with Gasteiger partial charge in [-0.15, -0.1) is 0 Å². The molecule has 0 spiro atoms. The summed E-state index contributed by atoms with van der Waals surface area (Å²) in [5.74, 6) is 0.999. The maximum Gasteiger partial charge on any atom is 0.0799 e. The van der Waals surface area contributed by atoms with Gasteiger partial charge in [-0.3, -0.25) is 0 Å². The molecule has 2 aliphatic rings. The van der Waals surface area contributed by atoms with Crippen LogP contribution in [-0.2, 0) is 0 Å². The first kappa shape index (κ1) is 5.69. The highest BCUT2D eigenvalue weighted by Gasteiger charge is 2.30. The van der Waals surface area contributed by atoms with Crippen LogP contribution in [-0.4, -0.2) is 25.7 Å². The molecule has 52 valence electrons. The van der Waals surface area contributed by atoms with Gasteiger partial charge in [0.2, 0.25) is 0 Å². The molecule has 0 aromatic heterocycles. The van der Waals surface area contributed by atoms with E-state index in [4.69, 9.17) is 0 Å². The Hall–Kier alpha value is -0.0800. The molecular formula is C7H15N2+. The molecule has 0 aromatic carbocycles. The second kappa shape index (κ2) is 2.27. The first-order valence-electron chi connectivity index (χ1n) is 4.02. The lowest BCUT2D eigenvalue weighted by molar-refractivity contribution is -0.669. The summed E-state index contributed by atoms with van der Waals surface area (Å²) in [6, 6.07) is 0.884. The van der Waals surface area contributed by atoms with Crippen LogP contribution >= 0.6 is 0 Å². The Morgan fingerprint density at radius 3 is 3.22 bits per heavy atom. The van der Waals surface area contributed by atoms with Crippen molar-refractivity contribution in [3.63, 3.8) is 0 Å². The van der Waals surface area contributed by atoms with E-state index in [0.29, 0.717) is 0 Å². The Morgan fingerprint density at radius 2 is 2.33 bits per heavy atom. The lowest BCUT2D eigenvalue weighted by Crippen LogP contribution is -2.88. The van der Waals surface area contributed by atoms with Crippen LogP contribution < -0.4 is 10.6 Å². The van der Waals surface area contributed by atoms with E-state index in [1.165, 1.54) is 32.5 Å². The molecule has 2 saturated heterocycles. The molecule has 0 aliphatic carbocycles. The summed E-state index contributed by atoms with van der Waals surface area (Å²) in [6.07, 6.45) is 2.81. The Morgan fingerprint density at radius 1 is 1.33 bits per heavy atom. The highest BCUT2D eigenvalue weighted by atomic mass is 15.0. The van der Waals surface area contributed by atoms with Crippen LogP contribution in [0.3, 0.4) is 0 Å². The fraction of sp³-hybridized carbons (Fsp3) is 1.00. The molecular weight excluding hydrogens is 112 g/mol. The Labute approximate surface area is 56.0 Å². The molecule has 2 nitrogen and oxygen atoms in total. The maximum atomic E-state index is 3.54. The van der Waals surface area contributed by atoms with E-state index >= 15 is 0 Å². The minimum Gasteiger partial charge on any atom is -0.346 e. The third-order valence-electron chi connectivity index (χ3n) is 2.64. The number of nitrogens with one attached hydrogen (secondary N) is 1. The maximum absolute atomic E-state index is 3.54. The van der Waals surface area contributed by atoms with E-state index in [0.717, 1.165) is 12.0 Å². The number of quaternary nitrogens is 1. The van der Waals surface area contributed by atoms with Gasteiger partial charge in [-0.05, 0) is 13.0 Å². The zero-order valence-corrected chi connectivity index (χ0v) is 5.77. The van der Waals surface area contributed by atoms with Crippen LogP contribution in [0.1, 0.15) is 12.8 Å². The van der Waals surface area contributed by atoms with Gasteiger partial charge in [0.15, 0.2) is 0 Å². The van der Waals surface area contributed by atoms with Crippen LogP contribution in [0.15, 0.2) is 0 Å². The standard InChI is InChI=1S/C7H14N2/c1-4-9-7-2-3-8-5-6(1)7/h6-9H,1-5H2/p+1. The molecule has 2 unspecified atom stereocenters. The molecule has 0 aromatic rings. The Balaban J connectivity index is 1.97. The van der Waals surface area contributed by atoms with Crippen molar-refractivity contribution in [2.45, 2.75) is 18.9 Å². The van der Waals surface area contributed by atoms with E-state index in [1.807, 2.05) is 0 Å². The SMILES string of the molecule is C1CC2C[NH2+]CCC2N1. The first-order chi connectivity index (χ1) is 4.47. The first-order valence-corrected chi connectivity index (χ1v) is 4.02. The summed E-state index contributed by atoms with van der Waals surface area (Å²) in [5, 5.41) is 5.99. The van der Waals surface area contributed by atoms with E-state index in [9.17, 15) is 0 Å². The smallest absolute Gasteiger partial charge is 0.0799 e. The Kier molecular flexibility index (Phi) is 1.44. The third kappa shape index (κ3) is 0.970. The highest BCUT2D eigenvalue weighted by Crippen LogP contribution is 2.17. The number of hydrogen-bond donors (Lipinski definition) is 2. The van der Waals surface area contributed by atoms with Gasteiger partial charge in [-0.1, -0.05) is 0 Å². The van der Waals surface area contributed by atoms with Gasteiger partial charge in [0.25, 0.3) is 0 Å². The summed E-state index contributed by atoms with van der Waals surface area (Å²) in [6.45, 7) is 3.98. The zero-order chi connectivity index (χ0) is 6.10. The minimum absolute atomic E-state index is 0.884. The van der Waals surface area contributed by atoms with Gasteiger partial charge in [-0.25, -0.2) is 0 Å². The summed E-state index contributed by atoms with van der Waals surface area (Å²) in [4.78, 5) is 0. The molecule has 2 heterocycles. The number of nitrogens with two attached hydrogens (primary N) is 1. The lowest BCUT2D eigenvalue weighted by Gasteiger charge is -2.22. The zero-order valence-electron chi connectivity index (χ0n) is 5.77. The van der Waals surface area contributed by atoms with Crippen molar-refractivity contribution < 1.29 is 5.32 Å². The number of hydrogen-bond acceptors (Lipinski definition) is 1. The van der Waals surface area contributed by atoms with E-state index < -0.39 is 0 Å². The average molecular weight is 127 g/mol. The van der Waals surface area contributed by atoms with Crippen molar-refractivity contribution in [3.8, 4) is 0 Å². The van der Waals surface area contributed by atoms with E-state index in [-0.39, 0.29) is 0 Å². The van der Waals surface area contributed by atoms with Gasteiger partial charge in [0, 0.05) is 18.4 Å². The van der Waals surface area contributed by atoms with Crippen molar-refractivity contribution in [1.82, 2.24) is 5.32 Å². The fourth-order valence-corrected chi connectivity index (χ4v) is 2.07. The molecule has 2 fully saturated rings. The normalized spacial score (nSPS) is 42.7. The van der Waals surface area contributed by atoms with Crippen LogP contribution in [0, 0.1) is 5.92 Å². The second-order valence-corrected chi connectivity index (χ2v) is 3.21. The third-order valence-corrected chi connectivity index (χ3v) is 2.64. The molecule has 0 amide bonds. The molecule has 0 radical (unpaired) electrons. The van der Waals surface area contributed by atoms with Crippen molar-refractivity contribution in [2.75, 3.05) is 19.6 Å². The van der Waals surface area contributed by atoms with Gasteiger partial charge >= 0.3 is 0 Å². The number of fused-ring (bicyclic) bond motifs is 1. The summed E-state index contributed by atoms with van der Waals surface area (Å²) >= 11 is 0. The molecule has 2 aliphatic heterocycles. The van der Waals surface area contributed by atoms with E-state index in [2.05, 4.69) is 10.6 Å². The highest BCUT2D eigenvalue weighted by molar-refractivity contribution is 4.84. The minimum atomic E-state index is 0.884. The molecule has 9 heavy (non-hydrogen) atoms. The van der Waals surface area contributed by atoms with Crippen LogP contribution in [0.25, 0.3) is 0 Å². The molecule has 2 rings (SSSR count). The lowest BCUT2D eigenvalue weighted by atomic mass is 9.95. The number of piperidine rings is 1. The van der Waals surface area contributed by atoms with Crippen molar-refractivity contribution >= 4 is 0 Å². The summed E-state index contributed by atoms with van der Waals surface area (Å²) in [7, 11) is 0. The predicted molar refractivity (Wildman–Crippen MR) is 36.2 cm³/mol. The summed E-state index contributed by atoms with van der Waals surface area (Å²) in [5.41, 5.74) is 0. The molecule has 2 heteroatoms. The van der Waals surface area contributed by atoms with Gasteiger partial charge < -0.3 is 10.6 Å². The van der Waals surface area contributed by atoms with Crippen molar-refractivity contribution in [2.24, 2.45) is 5.92 Å². The molecule has 3 N–H and O–H groups in total. The van der Waals surface area contributed by atoms with Crippen LogP contribution in [0.5, 0.6) is 0 Å². The molecule has 2 atom stereocenters. The topological polar surface area (TPSA) is 28.6 Å². The van der Waals surface area contributed by atoms with Crippen LogP contribution in [0.2, 0.25) is 0 Å². The molecule has 0 bridgehead atoms. The van der Waals surface area contributed by atoms with Crippen LogP contribution in [0.4, 0.5) is 0 Å². The quantitative estimate of drug-likeness (QED) is 0.426. The van der Waals surface area contributed by atoms with Crippen molar-refractivity contribution in [1.29, 1.82) is 0 Å². The molecule has 0 saturated carbocycles. The van der Waals surface area contributed by atoms with Gasteiger partial charge in [0.1, 0.15) is 0 Å². The Bertz CT molecular complexity index is 91.1. The predicted octanol–water partition coefficient (Wildman–Crippen LogP) is -1.07. The van der Waals surface area contributed by atoms with E-state index in [1.54, 1.807) is 0 Å². The monoisotopic (exact) mass is 127 g/mol. The number of rotatable bonds is 0. The second-order valence-electron chi connectivity index (χ2n) is 3.21. The van der Waals surface area contributed by atoms with Crippen molar-refractivity contribution in [3.05, 3.63) is 0 Å².